The van der Waals surface area contributed by atoms with E-state index in [1.807, 2.05) is 17.2 Å². The highest BCUT2D eigenvalue weighted by molar-refractivity contribution is 5.97. The third-order valence-corrected chi connectivity index (χ3v) is 5.54. The number of rotatable bonds is 5. The standard InChI is InChI=1S/C23H27N5O3/c1-5-6-19(29)28-12-14(2)9-15(13-28)27-20-16-7-8-24-21(16)25-10-17(20)22-26-11-18(31-22)23(3,4)30/h1,7-8,10-11,14-15,30H,6,9,12-13H2,2-4H3,(H2,24,25,27)/t14-,15+/m0/s1. The lowest BCUT2D eigenvalue weighted by molar-refractivity contribution is -0.131. The van der Waals surface area contributed by atoms with Crippen LogP contribution in [0.4, 0.5) is 5.69 Å². The van der Waals surface area contributed by atoms with Crippen LogP contribution in [0.25, 0.3) is 22.5 Å². The zero-order valence-corrected chi connectivity index (χ0v) is 18.0. The number of nitrogens with zero attached hydrogens (tertiary/aromatic N) is 3. The van der Waals surface area contributed by atoms with Crippen molar-refractivity contribution >= 4 is 22.6 Å². The fourth-order valence-corrected chi connectivity index (χ4v) is 4.07. The van der Waals surface area contributed by atoms with Crippen LogP contribution in [0.3, 0.4) is 0 Å². The second-order valence-electron chi connectivity index (χ2n) is 8.74. The lowest BCUT2D eigenvalue weighted by Crippen LogP contribution is -2.48. The van der Waals surface area contributed by atoms with E-state index in [0.29, 0.717) is 36.2 Å². The summed E-state index contributed by atoms with van der Waals surface area (Å²) in [7, 11) is 0. The molecule has 1 saturated heterocycles. The number of piperidine rings is 1. The van der Waals surface area contributed by atoms with Gasteiger partial charge in [-0.1, -0.05) is 12.8 Å². The molecule has 4 rings (SSSR count). The number of aliphatic hydroxyl groups is 1. The largest absolute Gasteiger partial charge is 0.438 e. The summed E-state index contributed by atoms with van der Waals surface area (Å²) >= 11 is 0. The van der Waals surface area contributed by atoms with E-state index in [-0.39, 0.29) is 18.4 Å². The number of anilines is 1. The molecular formula is C23H27N5O3. The molecule has 0 radical (unpaired) electrons. The van der Waals surface area contributed by atoms with Gasteiger partial charge in [0.1, 0.15) is 11.2 Å². The monoisotopic (exact) mass is 421 g/mol. The number of hydrogen-bond donors (Lipinski definition) is 3. The quantitative estimate of drug-likeness (QED) is 0.547. The van der Waals surface area contributed by atoms with Crippen molar-refractivity contribution in [3.8, 4) is 23.8 Å². The van der Waals surface area contributed by atoms with Gasteiger partial charge < -0.3 is 24.7 Å². The molecule has 0 aliphatic carbocycles. The van der Waals surface area contributed by atoms with Crippen LogP contribution in [0.5, 0.6) is 0 Å². The summed E-state index contributed by atoms with van der Waals surface area (Å²) < 4.78 is 5.86. The van der Waals surface area contributed by atoms with Crippen LogP contribution in [0.15, 0.2) is 29.1 Å². The van der Waals surface area contributed by atoms with Crippen molar-refractivity contribution in [1.29, 1.82) is 0 Å². The van der Waals surface area contributed by atoms with E-state index in [9.17, 15) is 9.90 Å². The number of carbonyl (C=O) groups is 1. The van der Waals surface area contributed by atoms with Crippen LogP contribution < -0.4 is 5.32 Å². The smallest absolute Gasteiger partial charge is 0.234 e. The van der Waals surface area contributed by atoms with Crippen LogP contribution in [0.1, 0.15) is 39.4 Å². The summed E-state index contributed by atoms with van der Waals surface area (Å²) in [5, 5.41) is 14.8. The minimum absolute atomic E-state index is 0.0230. The number of oxazole rings is 1. The zero-order valence-electron chi connectivity index (χ0n) is 18.0. The summed E-state index contributed by atoms with van der Waals surface area (Å²) in [6, 6.07) is 1.98. The second-order valence-corrected chi connectivity index (χ2v) is 8.74. The average molecular weight is 422 g/mol. The molecule has 8 nitrogen and oxygen atoms in total. The fourth-order valence-electron chi connectivity index (χ4n) is 4.07. The van der Waals surface area contributed by atoms with Gasteiger partial charge in [-0.15, -0.1) is 6.42 Å². The molecule has 0 bridgehead atoms. The molecule has 2 atom stereocenters. The number of hydrogen-bond acceptors (Lipinski definition) is 6. The molecule has 1 amide bonds. The van der Waals surface area contributed by atoms with Crippen molar-refractivity contribution in [3.63, 3.8) is 0 Å². The van der Waals surface area contributed by atoms with Crippen molar-refractivity contribution < 1.29 is 14.3 Å². The minimum Gasteiger partial charge on any atom is -0.438 e. The van der Waals surface area contributed by atoms with E-state index in [0.717, 1.165) is 23.1 Å². The van der Waals surface area contributed by atoms with Gasteiger partial charge in [-0.25, -0.2) is 9.97 Å². The topological polar surface area (TPSA) is 107 Å². The lowest BCUT2D eigenvalue weighted by Gasteiger charge is -2.37. The van der Waals surface area contributed by atoms with Crippen LogP contribution in [0, 0.1) is 18.3 Å². The fraction of sp³-hybridized carbons (Fsp3) is 0.435. The van der Waals surface area contributed by atoms with Crippen molar-refractivity contribution in [3.05, 3.63) is 30.4 Å². The molecule has 3 aromatic rings. The second kappa shape index (κ2) is 8.08. The Balaban J connectivity index is 1.69. The van der Waals surface area contributed by atoms with Crippen LogP contribution in [-0.2, 0) is 10.4 Å². The molecule has 162 valence electrons. The Kier molecular flexibility index (Phi) is 5.46. The van der Waals surface area contributed by atoms with Gasteiger partial charge in [-0.2, -0.15) is 0 Å². The van der Waals surface area contributed by atoms with E-state index in [1.165, 1.54) is 6.20 Å². The summed E-state index contributed by atoms with van der Waals surface area (Å²) in [5.41, 5.74) is 1.13. The Hall–Kier alpha value is -3.31. The van der Waals surface area contributed by atoms with Crippen LogP contribution in [-0.4, -0.2) is 50.0 Å². The Labute approximate surface area is 181 Å². The van der Waals surface area contributed by atoms with E-state index in [2.05, 4.69) is 33.1 Å². The highest BCUT2D eigenvalue weighted by atomic mass is 16.4. The van der Waals surface area contributed by atoms with Gasteiger partial charge in [-0.05, 0) is 32.3 Å². The van der Waals surface area contributed by atoms with E-state index in [1.54, 1.807) is 20.0 Å². The molecule has 8 heteroatoms. The number of terminal acetylenes is 1. The number of aromatic nitrogens is 3. The molecule has 31 heavy (non-hydrogen) atoms. The Morgan fingerprint density at radius 3 is 2.94 bits per heavy atom. The highest BCUT2D eigenvalue weighted by Crippen LogP contribution is 2.36. The first-order chi connectivity index (χ1) is 14.8. The normalized spacial score (nSPS) is 19.4. The van der Waals surface area contributed by atoms with Gasteiger partial charge in [0, 0.05) is 36.9 Å². The first-order valence-corrected chi connectivity index (χ1v) is 10.4. The third-order valence-electron chi connectivity index (χ3n) is 5.54. The minimum atomic E-state index is -1.14. The molecule has 3 N–H and O–H groups in total. The Morgan fingerprint density at radius 2 is 2.23 bits per heavy atom. The SMILES string of the molecule is C#CCC(=O)N1C[C@@H](C)C[C@@H](Nc2c(-c3ncc(C(C)(C)O)o3)cnc3[nH]ccc23)C1. The van der Waals surface area contributed by atoms with Crippen molar-refractivity contribution in [2.45, 2.75) is 45.3 Å². The maximum atomic E-state index is 12.4. The van der Waals surface area contributed by atoms with Gasteiger partial charge in [0.05, 0.1) is 23.9 Å². The first kappa shape index (κ1) is 20.9. The lowest BCUT2D eigenvalue weighted by atomic mass is 9.95. The van der Waals surface area contributed by atoms with Crippen LogP contribution >= 0.6 is 0 Å². The number of H-pyrrole nitrogens is 1. The average Bonchev–Trinajstić information content (AvgIpc) is 3.37. The number of aromatic amines is 1. The molecule has 1 aliphatic heterocycles. The summed E-state index contributed by atoms with van der Waals surface area (Å²) in [6.07, 6.45) is 11.4. The van der Waals surface area contributed by atoms with Crippen molar-refractivity contribution in [1.82, 2.24) is 19.9 Å². The molecule has 4 heterocycles. The highest BCUT2D eigenvalue weighted by Gasteiger charge is 2.29. The maximum Gasteiger partial charge on any atom is 0.234 e. The van der Waals surface area contributed by atoms with E-state index in [4.69, 9.17) is 10.8 Å². The zero-order chi connectivity index (χ0) is 22.2. The van der Waals surface area contributed by atoms with Crippen LogP contribution in [0.2, 0.25) is 0 Å². The molecular weight excluding hydrogens is 394 g/mol. The number of carbonyl (C=O) groups excluding carboxylic acids is 1. The molecule has 0 aromatic carbocycles. The molecule has 1 aliphatic rings. The van der Waals surface area contributed by atoms with E-state index < -0.39 is 5.60 Å². The molecule has 0 spiro atoms. The van der Waals surface area contributed by atoms with Gasteiger partial charge in [0.25, 0.3) is 0 Å². The number of fused-ring (bicyclic) bond motifs is 1. The van der Waals surface area contributed by atoms with Gasteiger partial charge in [-0.3, -0.25) is 4.79 Å². The van der Waals surface area contributed by atoms with Gasteiger partial charge >= 0.3 is 0 Å². The molecule has 3 aromatic heterocycles. The van der Waals surface area contributed by atoms with Crippen molar-refractivity contribution in [2.24, 2.45) is 5.92 Å². The molecule has 0 saturated carbocycles. The Morgan fingerprint density at radius 1 is 1.42 bits per heavy atom. The Bertz CT molecular complexity index is 1130. The number of likely N-dealkylation sites (tertiary alicyclic amines) is 1. The predicted octanol–water partition coefficient (Wildman–Crippen LogP) is 3.12. The maximum absolute atomic E-state index is 12.4. The first-order valence-electron chi connectivity index (χ1n) is 10.4. The number of nitrogens with one attached hydrogen (secondary N) is 2. The van der Waals surface area contributed by atoms with Crippen molar-refractivity contribution in [2.75, 3.05) is 18.4 Å². The van der Waals surface area contributed by atoms with E-state index >= 15 is 0 Å². The molecule has 0 unspecified atom stereocenters. The summed E-state index contributed by atoms with van der Waals surface area (Å²) in [4.78, 5) is 26.2. The third kappa shape index (κ3) is 4.28. The molecule has 1 fully saturated rings. The van der Waals surface area contributed by atoms with Gasteiger partial charge in [0.2, 0.25) is 11.8 Å². The number of pyridine rings is 1. The summed E-state index contributed by atoms with van der Waals surface area (Å²) in [5.74, 6) is 3.51. The predicted molar refractivity (Wildman–Crippen MR) is 118 cm³/mol. The number of amides is 1. The summed E-state index contributed by atoms with van der Waals surface area (Å²) in [6.45, 7) is 6.70. The van der Waals surface area contributed by atoms with Gasteiger partial charge in [0.15, 0.2) is 5.76 Å².